The normalized spacial score (nSPS) is 16.3. The molecule has 0 saturated heterocycles. The fourth-order valence-corrected chi connectivity index (χ4v) is 4.99. The summed E-state index contributed by atoms with van der Waals surface area (Å²) in [5.41, 5.74) is 3.39. The minimum atomic E-state index is -0.812. The Morgan fingerprint density at radius 1 is 1.00 bits per heavy atom. The lowest BCUT2D eigenvalue weighted by atomic mass is 10.1. The van der Waals surface area contributed by atoms with Gasteiger partial charge in [-0.25, -0.2) is 14.3 Å². The highest BCUT2D eigenvalue weighted by atomic mass is 32.2. The highest BCUT2D eigenvalue weighted by Crippen LogP contribution is 2.34. The highest BCUT2D eigenvalue weighted by Gasteiger charge is 2.42. The Hall–Kier alpha value is -3.78. The number of nitrogens with zero attached hydrogens (tertiary/aromatic N) is 3. The molecule has 0 unspecified atom stereocenters. The summed E-state index contributed by atoms with van der Waals surface area (Å²) in [5, 5.41) is 3.37. The number of hydrogen-bond acceptors (Lipinski definition) is 5. The van der Waals surface area contributed by atoms with E-state index in [1.54, 1.807) is 6.07 Å². The summed E-state index contributed by atoms with van der Waals surface area (Å²) in [4.78, 5) is 36.7. The van der Waals surface area contributed by atoms with E-state index in [9.17, 15) is 14.0 Å². The second-order valence-corrected chi connectivity index (χ2v) is 9.20. The van der Waals surface area contributed by atoms with Crippen LogP contribution in [0.1, 0.15) is 23.1 Å². The van der Waals surface area contributed by atoms with Gasteiger partial charge in [-0.15, -0.1) is 0 Å². The number of aliphatic imine (C=N–C) groups is 2. The quantitative estimate of drug-likeness (QED) is 0.536. The van der Waals surface area contributed by atoms with E-state index >= 15 is 0 Å². The van der Waals surface area contributed by atoms with E-state index in [0.717, 1.165) is 16.7 Å². The fourth-order valence-electron chi connectivity index (χ4n) is 4.05. The first-order chi connectivity index (χ1) is 17.1. The zero-order valence-corrected chi connectivity index (χ0v) is 19.7. The Labute approximate surface area is 207 Å². The van der Waals surface area contributed by atoms with Crippen molar-refractivity contribution in [2.75, 3.05) is 6.54 Å². The molecule has 0 radical (unpaired) electrons. The first kappa shape index (κ1) is 23.0. The third kappa shape index (κ3) is 5.17. The first-order valence-corrected chi connectivity index (χ1v) is 12.3. The summed E-state index contributed by atoms with van der Waals surface area (Å²) in [6, 6.07) is 22.9. The highest BCUT2D eigenvalue weighted by molar-refractivity contribution is 8.13. The maximum atomic E-state index is 13.6. The smallest absolute Gasteiger partial charge is 0.259 e. The molecule has 0 aromatic heterocycles. The van der Waals surface area contributed by atoms with Crippen LogP contribution in [0.25, 0.3) is 0 Å². The molecular formula is C27H23FN4O2S. The maximum absolute atomic E-state index is 13.6. The molecule has 176 valence electrons. The van der Waals surface area contributed by atoms with E-state index in [-0.39, 0.29) is 24.1 Å². The van der Waals surface area contributed by atoms with Gasteiger partial charge in [-0.1, -0.05) is 66.4 Å². The average molecular weight is 487 g/mol. The standard InChI is InChI=1S/C27H23FN4O2S/c28-20-10-6-9-19(15-20)17-35-27-31-22-12-5-4-11-21(22)25-30-23(26(34)32(25)27)16-24(33)29-14-13-18-7-2-1-3-8-18/h1-12,15,23H,13-14,16-17H2,(H,29,33)/t23-/m1/s1. The second-order valence-electron chi connectivity index (χ2n) is 8.26. The van der Waals surface area contributed by atoms with Gasteiger partial charge in [0.1, 0.15) is 17.7 Å². The number of benzene rings is 3. The molecule has 0 fully saturated rings. The lowest BCUT2D eigenvalue weighted by molar-refractivity contribution is -0.128. The van der Waals surface area contributed by atoms with Crippen molar-refractivity contribution in [2.24, 2.45) is 9.98 Å². The Balaban J connectivity index is 1.29. The Bertz CT molecular complexity index is 1330. The van der Waals surface area contributed by atoms with Crippen LogP contribution in [-0.4, -0.2) is 40.3 Å². The van der Waals surface area contributed by atoms with Gasteiger partial charge in [0, 0.05) is 17.9 Å². The van der Waals surface area contributed by atoms with Crippen LogP contribution in [0.4, 0.5) is 10.1 Å². The van der Waals surface area contributed by atoms with Crippen LogP contribution in [-0.2, 0) is 21.8 Å². The molecule has 3 aromatic carbocycles. The van der Waals surface area contributed by atoms with Crippen molar-refractivity contribution in [3.63, 3.8) is 0 Å². The summed E-state index contributed by atoms with van der Waals surface area (Å²) < 4.78 is 13.6. The molecule has 0 bridgehead atoms. The molecule has 6 nitrogen and oxygen atoms in total. The predicted molar refractivity (Wildman–Crippen MR) is 136 cm³/mol. The SMILES string of the molecule is O=C(C[C@H]1N=C2c3ccccc3N=C(SCc3cccc(F)c3)N2C1=O)NCCc1ccccc1. The summed E-state index contributed by atoms with van der Waals surface area (Å²) in [5.74, 6) is 0.141. The third-order valence-corrected chi connectivity index (χ3v) is 6.77. The first-order valence-electron chi connectivity index (χ1n) is 11.4. The number of fused-ring (bicyclic) bond motifs is 3. The summed E-state index contributed by atoms with van der Waals surface area (Å²) in [7, 11) is 0. The molecule has 0 aliphatic carbocycles. The van der Waals surface area contributed by atoms with Crippen LogP contribution in [0.5, 0.6) is 0 Å². The predicted octanol–water partition coefficient (Wildman–Crippen LogP) is 4.47. The van der Waals surface area contributed by atoms with E-state index in [1.165, 1.54) is 28.8 Å². The molecule has 1 N–H and O–H groups in total. The van der Waals surface area contributed by atoms with Crippen LogP contribution in [0.3, 0.4) is 0 Å². The van der Waals surface area contributed by atoms with E-state index in [1.807, 2.05) is 60.7 Å². The number of halogens is 1. The molecule has 8 heteroatoms. The van der Waals surface area contributed by atoms with Gasteiger partial charge >= 0.3 is 0 Å². The van der Waals surface area contributed by atoms with E-state index in [4.69, 9.17) is 0 Å². The summed E-state index contributed by atoms with van der Waals surface area (Å²) >= 11 is 1.34. The molecule has 5 rings (SSSR count). The van der Waals surface area contributed by atoms with Crippen LogP contribution >= 0.6 is 11.8 Å². The van der Waals surface area contributed by atoms with Crippen molar-refractivity contribution in [1.29, 1.82) is 0 Å². The fraction of sp³-hybridized carbons (Fsp3) is 0.185. The summed E-state index contributed by atoms with van der Waals surface area (Å²) in [6.07, 6.45) is 0.685. The Kier molecular flexibility index (Phi) is 6.72. The zero-order valence-electron chi connectivity index (χ0n) is 18.9. The van der Waals surface area contributed by atoms with E-state index in [0.29, 0.717) is 35.4 Å². The van der Waals surface area contributed by atoms with Gasteiger partial charge < -0.3 is 5.32 Å². The van der Waals surface area contributed by atoms with Gasteiger partial charge in [-0.3, -0.25) is 14.6 Å². The molecule has 2 amide bonds. The summed E-state index contributed by atoms with van der Waals surface area (Å²) in [6.45, 7) is 0.489. The monoisotopic (exact) mass is 486 g/mol. The number of hydrogen-bond donors (Lipinski definition) is 1. The van der Waals surface area contributed by atoms with Crippen molar-refractivity contribution < 1.29 is 14.0 Å². The van der Waals surface area contributed by atoms with Crippen molar-refractivity contribution in [3.05, 3.63) is 101 Å². The molecule has 3 aromatic rings. The van der Waals surface area contributed by atoms with E-state index < -0.39 is 6.04 Å². The lowest BCUT2D eigenvalue weighted by Crippen LogP contribution is -2.42. The number of carbonyl (C=O) groups excluding carboxylic acids is 2. The van der Waals surface area contributed by atoms with Gasteiger partial charge in [0.15, 0.2) is 5.17 Å². The maximum Gasteiger partial charge on any atom is 0.259 e. The Morgan fingerprint density at radius 3 is 2.60 bits per heavy atom. The number of nitrogens with one attached hydrogen (secondary N) is 1. The zero-order chi connectivity index (χ0) is 24.2. The molecule has 0 saturated carbocycles. The number of para-hydroxylation sites is 1. The van der Waals surface area contributed by atoms with E-state index in [2.05, 4.69) is 15.3 Å². The second kappa shape index (κ2) is 10.2. The molecular weight excluding hydrogens is 463 g/mol. The van der Waals surface area contributed by atoms with Crippen molar-refractivity contribution in [2.45, 2.75) is 24.6 Å². The average Bonchev–Trinajstić information content (AvgIpc) is 3.19. The third-order valence-electron chi connectivity index (χ3n) is 5.76. The van der Waals surface area contributed by atoms with Gasteiger partial charge in [0.2, 0.25) is 5.91 Å². The van der Waals surface area contributed by atoms with Gasteiger partial charge in [0.05, 0.1) is 12.1 Å². The number of carbonyl (C=O) groups is 2. The molecule has 1 atom stereocenters. The molecule has 2 aliphatic rings. The van der Waals surface area contributed by atoms with Crippen molar-refractivity contribution in [1.82, 2.24) is 10.2 Å². The van der Waals surface area contributed by atoms with Crippen LogP contribution in [0.15, 0.2) is 88.8 Å². The number of amidine groups is 2. The topological polar surface area (TPSA) is 74.1 Å². The number of rotatable bonds is 7. The number of amides is 2. The van der Waals surface area contributed by atoms with Crippen LogP contribution in [0, 0.1) is 5.82 Å². The van der Waals surface area contributed by atoms with Gasteiger partial charge in [0.25, 0.3) is 5.91 Å². The largest absolute Gasteiger partial charge is 0.356 e. The molecule has 2 aliphatic heterocycles. The van der Waals surface area contributed by atoms with Gasteiger partial charge in [-0.05, 0) is 41.8 Å². The number of thioether (sulfide) groups is 1. The van der Waals surface area contributed by atoms with Gasteiger partial charge in [-0.2, -0.15) is 0 Å². The molecule has 35 heavy (non-hydrogen) atoms. The van der Waals surface area contributed by atoms with Crippen molar-refractivity contribution >= 4 is 40.3 Å². The van der Waals surface area contributed by atoms with Crippen LogP contribution < -0.4 is 5.32 Å². The Morgan fingerprint density at radius 2 is 1.77 bits per heavy atom. The lowest BCUT2D eigenvalue weighted by Gasteiger charge is -2.25. The minimum absolute atomic E-state index is 0.0301. The minimum Gasteiger partial charge on any atom is -0.356 e. The van der Waals surface area contributed by atoms with Crippen molar-refractivity contribution in [3.8, 4) is 0 Å². The molecule has 2 heterocycles. The molecule has 0 spiro atoms. The van der Waals surface area contributed by atoms with Crippen LogP contribution in [0.2, 0.25) is 0 Å².